The zero-order valence-electron chi connectivity index (χ0n) is 15.6. The molecule has 0 radical (unpaired) electrons. The van der Waals surface area contributed by atoms with Crippen molar-refractivity contribution in [2.45, 2.75) is 39.5 Å². The van der Waals surface area contributed by atoms with Gasteiger partial charge in [-0.05, 0) is 81.5 Å². The molecule has 0 saturated heterocycles. The average molecular weight is 358 g/mol. The molecule has 4 rings (SSSR count). The highest BCUT2D eigenvalue weighted by Crippen LogP contribution is 2.30. The lowest BCUT2D eigenvalue weighted by atomic mass is 9.89. The minimum Gasteiger partial charge on any atom is -0.322 e. The van der Waals surface area contributed by atoms with Gasteiger partial charge in [-0.25, -0.2) is 0 Å². The van der Waals surface area contributed by atoms with Crippen LogP contribution in [0, 0.1) is 6.92 Å². The van der Waals surface area contributed by atoms with Gasteiger partial charge in [-0.2, -0.15) is 0 Å². The minimum atomic E-state index is -0.110. The predicted octanol–water partition coefficient (Wildman–Crippen LogP) is 4.88. The first-order valence-electron chi connectivity index (χ1n) is 9.37. The zero-order valence-corrected chi connectivity index (χ0v) is 15.6. The number of carbonyl (C=O) groups is 2. The van der Waals surface area contributed by atoms with Crippen LogP contribution >= 0.6 is 0 Å². The number of carbonyl (C=O) groups excluding carboxylic acids is 2. The third-order valence-corrected chi connectivity index (χ3v) is 5.19. The van der Waals surface area contributed by atoms with E-state index >= 15 is 0 Å². The molecule has 4 heteroatoms. The second-order valence-corrected chi connectivity index (χ2v) is 7.23. The maximum atomic E-state index is 13.2. The van der Waals surface area contributed by atoms with E-state index in [1.165, 1.54) is 6.92 Å². The van der Waals surface area contributed by atoms with Crippen molar-refractivity contribution in [3.8, 4) is 0 Å². The summed E-state index contributed by atoms with van der Waals surface area (Å²) in [5, 5.41) is 3.92. The Bertz CT molecular complexity index is 1050. The molecule has 1 aliphatic rings. The third kappa shape index (κ3) is 3.35. The summed E-state index contributed by atoms with van der Waals surface area (Å²) in [5.74, 6) is -0.0979. The summed E-state index contributed by atoms with van der Waals surface area (Å²) in [4.78, 5) is 29.5. The number of amides is 1. The van der Waals surface area contributed by atoms with E-state index in [2.05, 4.69) is 5.32 Å². The highest BCUT2D eigenvalue weighted by molar-refractivity contribution is 6.14. The van der Waals surface area contributed by atoms with Gasteiger partial charge in [-0.3, -0.25) is 14.6 Å². The number of rotatable bonds is 3. The summed E-state index contributed by atoms with van der Waals surface area (Å²) in [6, 6.07) is 13.1. The number of benzene rings is 2. The Labute approximate surface area is 158 Å². The van der Waals surface area contributed by atoms with E-state index in [9.17, 15) is 9.59 Å². The second-order valence-electron chi connectivity index (χ2n) is 7.23. The molecular formula is C23H22N2O2. The van der Waals surface area contributed by atoms with Gasteiger partial charge in [-0.15, -0.1) is 0 Å². The van der Waals surface area contributed by atoms with E-state index in [0.29, 0.717) is 11.3 Å². The van der Waals surface area contributed by atoms with E-state index in [-0.39, 0.29) is 11.7 Å². The summed E-state index contributed by atoms with van der Waals surface area (Å²) < 4.78 is 0. The standard InChI is InChI=1S/C23H22N2O2/c1-14-7-12-21-19(13-14)22(18-5-3-4-6-20(18)25-21)23(27)24-17-10-8-16(9-11-17)15(2)26/h7-13H,3-6H2,1-2H3,(H,24,27). The fourth-order valence-corrected chi connectivity index (χ4v) is 3.78. The second kappa shape index (κ2) is 6.95. The van der Waals surface area contributed by atoms with Crippen molar-refractivity contribution in [1.29, 1.82) is 0 Å². The van der Waals surface area contributed by atoms with Crippen LogP contribution < -0.4 is 5.32 Å². The molecule has 0 fully saturated rings. The Hall–Kier alpha value is -3.01. The van der Waals surface area contributed by atoms with Crippen molar-refractivity contribution < 1.29 is 9.59 Å². The monoisotopic (exact) mass is 358 g/mol. The van der Waals surface area contributed by atoms with Gasteiger partial charge in [0.05, 0.1) is 11.1 Å². The van der Waals surface area contributed by atoms with E-state index in [1.54, 1.807) is 24.3 Å². The first-order chi connectivity index (χ1) is 13.0. The number of aromatic nitrogens is 1. The number of nitrogens with one attached hydrogen (secondary N) is 1. The summed E-state index contributed by atoms with van der Waals surface area (Å²) in [5.41, 5.74) is 6.18. The number of aryl methyl sites for hydroxylation is 2. The van der Waals surface area contributed by atoms with Crippen molar-refractivity contribution >= 4 is 28.3 Å². The topological polar surface area (TPSA) is 59.1 Å². The molecule has 0 bridgehead atoms. The fourth-order valence-electron chi connectivity index (χ4n) is 3.78. The zero-order chi connectivity index (χ0) is 19.0. The van der Waals surface area contributed by atoms with Crippen molar-refractivity contribution in [2.24, 2.45) is 0 Å². The lowest BCUT2D eigenvalue weighted by molar-refractivity contribution is 0.101. The summed E-state index contributed by atoms with van der Waals surface area (Å²) in [6.45, 7) is 3.56. The lowest BCUT2D eigenvalue weighted by Gasteiger charge is -2.20. The van der Waals surface area contributed by atoms with Gasteiger partial charge in [0.1, 0.15) is 0 Å². The molecule has 4 nitrogen and oxygen atoms in total. The van der Waals surface area contributed by atoms with E-state index in [4.69, 9.17) is 4.98 Å². The van der Waals surface area contributed by atoms with Crippen LogP contribution in [0.1, 0.15) is 57.3 Å². The van der Waals surface area contributed by atoms with Crippen LogP contribution in [0.5, 0.6) is 0 Å². The quantitative estimate of drug-likeness (QED) is 0.679. The van der Waals surface area contributed by atoms with Crippen molar-refractivity contribution in [3.05, 3.63) is 70.4 Å². The highest BCUT2D eigenvalue weighted by Gasteiger charge is 2.22. The number of fused-ring (bicyclic) bond motifs is 2. The number of ketones is 1. The molecule has 1 heterocycles. The molecule has 1 N–H and O–H groups in total. The van der Waals surface area contributed by atoms with Crippen molar-refractivity contribution in [3.63, 3.8) is 0 Å². The normalized spacial score (nSPS) is 13.3. The van der Waals surface area contributed by atoms with Gasteiger partial charge in [0.2, 0.25) is 0 Å². The van der Waals surface area contributed by atoms with Gasteiger partial charge < -0.3 is 5.32 Å². The number of Topliss-reactive ketones (excluding diaryl/α,β-unsaturated/α-hetero) is 1. The molecular weight excluding hydrogens is 336 g/mol. The molecule has 136 valence electrons. The first kappa shape index (κ1) is 17.4. The van der Waals surface area contributed by atoms with Crippen LogP contribution in [0.3, 0.4) is 0 Å². The fraction of sp³-hybridized carbons (Fsp3) is 0.261. The molecule has 0 saturated carbocycles. The predicted molar refractivity (Wildman–Crippen MR) is 108 cm³/mol. The molecule has 0 atom stereocenters. The van der Waals surface area contributed by atoms with E-state index < -0.39 is 0 Å². The van der Waals surface area contributed by atoms with Gasteiger partial charge in [-0.1, -0.05) is 11.6 Å². The third-order valence-electron chi connectivity index (χ3n) is 5.19. The van der Waals surface area contributed by atoms with Crippen LogP contribution in [0.15, 0.2) is 42.5 Å². The van der Waals surface area contributed by atoms with E-state index in [0.717, 1.165) is 59.0 Å². The number of hydrogen-bond acceptors (Lipinski definition) is 3. The molecule has 1 aromatic heterocycles. The van der Waals surface area contributed by atoms with E-state index in [1.807, 2.05) is 25.1 Å². The highest BCUT2D eigenvalue weighted by atomic mass is 16.1. The Morgan fingerprint density at radius 2 is 1.74 bits per heavy atom. The maximum Gasteiger partial charge on any atom is 0.256 e. The Kier molecular flexibility index (Phi) is 4.48. The summed E-state index contributed by atoms with van der Waals surface area (Å²) in [7, 11) is 0. The maximum absolute atomic E-state index is 13.2. The van der Waals surface area contributed by atoms with Gasteiger partial charge in [0.15, 0.2) is 5.78 Å². The molecule has 0 aliphatic heterocycles. The van der Waals surface area contributed by atoms with Crippen LogP contribution in [0.25, 0.3) is 10.9 Å². The molecule has 27 heavy (non-hydrogen) atoms. The number of nitrogens with zero attached hydrogens (tertiary/aromatic N) is 1. The Balaban J connectivity index is 1.78. The smallest absolute Gasteiger partial charge is 0.256 e. The SMILES string of the molecule is CC(=O)c1ccc(NC(=O)c2c3c(nc4ccc(C)cc24)CCCC3)cc1. The molecule has 0 spiro atoms. The van der Waals surface area contributed by atoms with Gasteiger partial charge >= 0.3 is 0 Å². The molecule has 2 aromatic carbocycles. The largest absolute Gasteiger partial charge is 0.322 e. The first-order valence-corrected chi connectivity index (χ1v) is 9.37. The summed E-state index contributed by atoms with van der Waals surface area (Å²) in [6.07, 6.45) is 4.01. The lowest BCUT2D eigenvalue weighted by Crippen LogP contribution is -2.19. The van der Waals surface area contributed by atoms with Crippen LogP contribution in [0.2, 0.25) is 0 Å². The summed E-state index contributed by atoms with van der Waals surface area (Å²) >= 11 is 0. The number of pyridine rings is 1. The average Bonchev–Trinajstić information content (AvgIpc) is 2.66. The Morgan fingerprint density at radius 3 is 2.48 bits per heavy atom. The van der Waals surface area contributed by atoms with Crippen LogP contribution in [-0.4, -0.2) is 16.7 Å². The molecule has 1 aliphatic carbocycles. The van der Waals surface area contributed by atoms with Gasteiger partial charge in [0.25, 0.3) is 5.91 Å². The minimum absolute atomic E-state index is 0.0116. The molecule has 0 unspecified atom stereocenters. The molecule has 1 amide bonds. The van der Waals surface area contributed by atoms with Crippen molar-refractivity contribution in [1.82, 2.24) is 4.98 Å². The number of anilines is 1. The number of hydrogen-bond donors (Lipinski definition) is 1. The van der Waals surface area contributed by atoms with Crippen molar-refractivity contribution in [2.75, 3.05) is 5.32 Å². The van der Waals surface area contributed by atoms with Crippen LogP contribution in [0.4, 0.5) is 5.69 Å². The molecule has 3 aromatic rings. The van der Waals surface area contributed by atoms with Gasteiger partial charge in [0, 0.05) is 22.3 Å². The Morgan fingerprint density at radius 1 is 1.00 bits per heavy atom. The van der Waals surface area contributed by atoms with Crippen LogP contribution in [-0.2, 0) is 12.8 Å².